The maximum atomic E-state index is 6.04. The fourth-order valence-corrected chi connectivity index (χ4v) is 5.78. The summed E-state index contributed by atoms with van der Waals surface area (Å²) in [6.07, 6.45) is 11.5. The first-order valence-electron chi connectivity index (χ1n) is 8.36. The van der Waals surface area contributed by atoms with Gasteiger partial charge in [-0.25, -0.2) is 0 Å². The Bertz CT molecular complexity index is 265. The largest absolute Gasteiger partial charge is 0.330 e. The first kappa shape index (κ1) is 15.7. The Balaban J connectivity index is 1.93. The van der Waals surface area contributed by atoms with Crippen LogP contribution < -0.4 is 5.73 Å². The van der Waals surface area contributed by atoms with Crippen LogP contribution in [-0.2, 0) is 0 Å². The van der Waals surface area contributed by atoms with Gasteiger partial charge in [0.1, 0.15) is 0 Å². The average molecular weight is 284 g/mol. The normalized spacial score (nSPS) is 34.4. The molecule has 2 aliphatic rings. The van der Waals surface area contributed by atoms with Crippen molar-refractivity contribution in [2.45, 2.75) is 82.6 Å². The molecule has 2 rings (SSSR count). The van der Waals surface area contributed by atoms with Crippen molar-refractivity contribution in [1.29, 1.82) is 0 Å². The van der Waals surface area contributed by atoms with Crippen molar-refractivity contribution in [3.05, 3.63) is 0 Å². The van der Waals surface area contributed by atoms with Gasteiger partial charge in [0.15, 0.2) is 0 Å². The van der Waals surface area contributed by atoms with Gasteiger partial charge in [-0.05, 0) is 55.9 Å². The van der Waals surface area contributed by atoms with Crippen LogP contribution in [-0.4, -0.2) is 17.0 Å². The van der Waals surface area contributed by atoms with Crippen LogP contribution in [0.4, 0.5) is 0 Å². The van der Waals surface area contributed by atoms with Gasteiger partial charge in [0, 0.05) is 10.5 Å². The third kappa shape index (κ3) is 4.39. The lowest BCUT2D eigenvalue weighted by molar-refractivity contribution is 0.157. The minimum atomic E-state index is 0.477. The van der Waals surface area contributed by atoms with Crippen LogP contribution in [0.1, 0.15) is 72.1 Å². The third-order valence-corrected chi connectivity index (χ3v) is 7.16. The van der Waals surface area contributed by atoms with Gasteiger partial charge in [0.05, 0.1) is 0 Å². The van der Waals surface area contributed by atoms with E-state index >= 15 is 0 Å². The Kier molecular flexibility index (Phi) is 5.65. The highest BCUT2D eigenvalue weighted by Crippen LogP contribution is 2.46. The lowest BCUT2D eigenvalue weighted by Gasteiger charge is -2.42. The summed E-state index contributed by atoms with van der Waals surface area (Å²) in [6, 6.07) is 0. The summed E-state index contributed by atoms with van der Waals surface area (Å²) in [5.74, 6) is 1.68. The maximum Gasteiger partial charge on any atom is 0.00929 e. The van der Waals surface area contributed by atoms with E-state index in [1.807, 2.05) is 0 Å². The molecule has 0 aromatic carbocycles. The van der Waals surface area contributed by atoms with Crippen molar-refractivity contribution in [2.75, 3.05) is 6.54 Å². The maximum absolute atomic E-state index is 6.04. The van der Waals surface area contributed by atoms with Crippen LogP contribution in [0.5, 0.6) is 0 Å². The fraction of sp³-hybridized carbons (Fsp3) is 1.00. The topological polar surface area (TPSA) is 26.0 Å². The molecule has 2 fully saturated rings. The molecule has 3 unspecified atom stereocenters. The molecule has 0 heterocycles. The van der Waals surface area contributed by atoms with Crippen molar-refractivity contribution in [3.8, 4) is 0 Å². The van der Waals surface area contributed by atoms with Crippen molar-refractivity contribution in [1.82, 2.24) is 0 Å². The van der Waals surface area contributed by atoms with E-state index in [4.69, 9.17) is 5.73 Å². The standard InChI is InChI=1S/C17H33NS/c1-17(2,3)14-10-9-13(12-18)16(11-14)19-15-7-5-4-6-8-15/h13-16H,4-12,18H2,1-3H3. The van der Waals surface area contributed by atoms with Crippen LogP contribution in [0.15, 0.2) is 0 Å². The molecule has 0 aromatic rings. The van der Waals surface area contributed by atoms with Gasteiger partial charge in [-0.15, -0.1) is 0 Å². The van der Waals surface area contributed by atoms with E-state index in [1.54, 1.807) is 0 Å². The Hall–Kier alpha value is 0.310. The van der Waals surface area contributed by atoms with Crippen molar-refractivity contribution >= 4 is 11.8 Å². The molecule has 2 aliphatic carbocycles. The van der Waals surface area contributed by atoms with Crippen molar-refractivity contribution in [2.24, 2.45) is 23.0 Å². The van der Waals surface area contributed by atoms with Crippen molar-refractivity contribution < 1.29 is 0 Å². The van der Waals surface area contributed by atoms with Crippen LogP contribution >= 0.6 is 11.8 Å². The van der Waals surface area contributed by atoms with E-state index in [0.29, 0.717) is 5.41 Å². The zero-order valence-electron chi connectivity index (χ0n) is 13.2. The molecule has 2 saturated carbocycles. The van der Waals surface area contributed by atoms with E-state index in [1.165, 1.54) is 51.4 Å². The number of nitrogens with two attached hydrogens (primary N) is 1. The summed E-state index contributed by atoms with van der Waals surface area (Å²) < 4.78 is 0. The summed E-state index contributed by atoms with van der Waals surface area (Å²) in [5.41, 5.74) is 6.52. The van der Waals surface area contributed by atoms with Gasteiger partial charge < -0.3 is 5.73 Å². The van der Waals surface area contributed by atoms with Gasteiger partial charge in [0.2, 0.25) is 0 Å². The Labute approximate surface area is 124 Å². The van der Waals surface area contributed by atoms with Gasteiger partial charge in [-0.2, -0.15) is 11.8 Å². The minimum absolute atomic E-state index is 0.477. The van der Waals surface area contributed by atoms with Crippen LogP contribution in [0.25, 0.3) is 0 Å². The Morgan fingerprint density at radius 2 is 1.68 bits per heavy atom. The van der Waals surface area contributed by atoms with Gasteiger partial charge in [-0.3, -0.25) is 0 Å². The van der Waals surface area contributed by atoms with Crippen LogP contribution in [0, 0.1) is 17.3 Å². The molecule has 0 aliphatic heterocycles. The Morgan fingerprint density at radius 3 is 2.26 bits per heavy atom. The second-order valence-electron chi connectivity index (χ2n) is 7.81. The van der Waals surface area contributed by atoms with Gasteiger partial charge >= 0.3 is 0 Å². The second-order valence-corrected chi connectivity index (χ2v) is 9.35. The Morgan fingerprint density at radius 1 is 1.00 bits per heavy atom. The van der Waals surface area contributed by atoms with E-state index in [2.05, 4.69) is 32.5 Å². The molecule has 0 aromatic heterocycles. The molecule has 112 valence electrons. The first-order valence-corrected chi connectivity index (χ1v) is 9.30. The van der Waals surface area contributed by atoms with Gasteiger partial charge in [-0.1, -0.05) is 40.0 Å². The smallest absolute Gasteiger partial charge is 0.00929 e. The molecular weight excluding hydrogens is 250 g/mol. The van der Waals surface area contributed by atoms with Crippen LogP contribution in [0.2, 0.25) is 0 Å². The summed E-state index contributed by atoms with van der Waals surface area (Å²) in [7, 11) is 0. The molecular formula is C17H33NS. The number of rotatable bonds is 3. The summed E-state index contributed by atoms with van der Waals surface area (Å²) in [5, 5.41) is 1.78. The first-order chi connectivity index (χ1) is 9.00. The SMILES string of the molecule is CC(C)(C)C1CCC(CN)C(SC2CCCCC2)C1. The van der Waals surface area contributed by atoms with Crippen LogP contribution in [0.3, 0.4) is 0 Å². The highest BCUT2D eigenvalue weighted by atomic mass is 32.2. The third-order valence-electron chi connectivity index (χ3n) is 5.38. The monoisotopic (exact) mass is 283 g/mol. The second kappa shape index (κ2) is 6.85. The summed E-state index contributed by atoms with van der Waals surface area (Å²) >= 11 is 2.31. The molecule has 2 heteroatoms. The number of thioether (sulfide) groups is 1. The fourth-order valence-electron chi connectivity index (χ4n) is 3.86. The predicted molar refractivity (Wildman–Crippen MR) is 87.6 cm³/mol. The minimum Gasteiger partial charge on any atom is -0.330 e. The zero-order chi connectivity index (χ0) is 13.9. The lowest BCUT2D eigenvalue weighted by atomic mass is 9.69. The predicted octanol–water partition coefficient (Wildman–Crippen LogP) is 4.84. The molecule has 3 atom stereocenters. The molecule has 2 N–H and O–H groups in total. The quantitative estimate of drug-likeness (QED) is 0.802. The lowest BCUT2D eigenvalue weighted by Crippen LogP contribution is -2.37. The van der Waals surface area contributed by atoms with Crippen molar-refractivity contribution in [3.63, 3.8) is 0 Å². The highest BCUT2D eigenvalue weighted by molar-refractivity contribution is 8.00. The van der Waals surface area contributed by atoms with E-state index in [0.717, 1.165) is 28.9 Å². The molecule has 19 heavy (non-hydrogen) atoms. The molecule has 0 spiro atoms. The van der Waals surface area contributed by atoms with Gasteiger partial charge in [0.25, 0.3) is 0 Å². The molecule has 0 saturated heterocycles. The molecule has 1 nitrogen and oxygen atoms in total. The average Bonchev–Trinajstić information content (AvgIpc) is 2.39. The number of hydrogen-bond acceptors (Lipinski definition) is 2. The van der Waals surface area contributed by atoms with E-state index < -0.39 is 0 Å². The molecule has 0 amide bonds. The number of hydrogen-bond donors (Lipinski definition) is 1. The molecule has 0 bridgehead atoms. The summed E-state index contributed by atoms with van der Waals surface area (Å²) in [6.45, 7) is 8.16. The zero-order valence-corrected chi connectivity index (χ0v) is 14.0. The summed E-state index contributed by atoms with van der Waals surface area (Å²) in [4.78, 5) is 0. The molecule has 0 radical (unpaired) electrons. The highest BCUT2D eigenvalue weighted by Gasteiger charge is 2.36. The van der Waals surface area contributed by atoms with E-state index in [-0.39, 0.29) is 0 Å². The van der Waals surface area contributed by atoms with E-state index in [9.17, 15) is 0 Å².